The summed E-state index contributed by atoms with van der Waals surface area (Å²) < 4.78 is 0. The monoisotopic (exact) mass is 318 g/mol. The molecule has 128 valence electrons. The SMILES string of the molecule is CC(C)=CC(=O)C[C@@H](C)[C@H]1CC[C@]2(C)[C@H](O)C(=O)C=C(C)[C@@H]2C1. The fourth-order valence-corrected chi connectivity index (χ4v) is 4.50. The van der Waals surface area contributed by atoms with E-state index in [9.17, 15) is 14.7 Å². The van der Waals surface area contributed by atoms with E-state index in [-0.39, 0.29) is 22.9 Å². The second-order valence-corrected chi connectivity index (χ2v) is 8.16. The van der Waals surface area contributed by atoms with Gasteiger partial charge < -0.3 is 5.11 Å². The van der Waals surface area contributed by atoms with Crippen LogP contribution >= 0.6 is 0 Å². The molecule has 0 saturated heterocycles. The molecule has 1 N–H and O–H groups in total. The Bertz CT molecular complexity index is 553. The number of hydrogen-bond acceptors (Lipinski definition) is 3. The minimum absolute atomic E-state index is 0.147. The maximum Gasteiger partial charge on any atom is 0.184 e. The summed E-state index contributed by atoms with van der Waals surface area (Å²) in [6.07, 6.45) is 5.86. The van der Waals surface area contributed by atoms with Crippen LogP contribution in [0.5, 0.6) is 0 Å². The molecule has 0 unspecified atom stereocenters. The predicted octanol–water partition coefficient (Wildman–Crippen LogP) is 3.86. The lowest BCUT2D eigenvalue weighted by molar-refractivity contribution is -0.136. The summed E-state index contributed by atoms with van der Waals surface area (Å²) in [7, 11) is 0. The molecule has 0 amide bonds. The Morgan fingerprint density at radius 2 is 2.13 bits per heavy atom. The number of fused-ring (bicyclic) bond motifs is 1. The minimum Gasteiger partial charge on any atom is -0.384 e. The largest absolute Gasteiger partial charge is 0.384 e. The topological polar surface area (TPSA) is 54.4 Å². The summed E-state index contributed by atoms with van der Waals surface area (Å²) >= 11 is 0. The average Bonchev–Trinajstić information content (AvgIpc) is 2.44. The quantitative estimate of drug-likeness (QED) is 0.801. The van der Waals surface area contributed by atoms with Gasteiger partial charge in [-0.3, -0.25) is 9.59 Å². The van der Waals surface area contributed by atoms with Crippen LogP contribution in [-0.4, -0.2) is 22.8 Å². The van der Waals surface area contributed by atoms with Crippen molar-refractivity contribution >= 4 is 11.6 Å². The van der Waals surface area contributed by atoms with Crippen molar-refractivity contribution in [3.05, 3.63) is 23.3 Å². The number of aliphatic hydroxyl groups excluding tert-OH is 1. The first kappa shape index (κ1) is 18.1. The Hall–Kier alpha value is -1.22. The van der Waals surface area contributed by atoms with Gasteiger partial charge in [0.25, 0.3) is 0 Å². The van der Waals surface area contributed by atoms with E-state index in [2.05, 4.69) is 6.92 Å². The highest BCUT2D eigenvalue weighted by atomic mass is 16.3. The zero-order valence-corrected chi connectivity index (χ0v) is 15.1. The normalized spacial score (nSPS) is 35.1. The fraction of sp³-hybridized carbons (Fsp3) is 0.700. The number of carbonyl (C=O) groups excluding carboxylic acids is 2. The van der Waals surface area contributed by atoms with Gasteiger partial charge in [-0.05, 0) is 69.9 Å². The number of hydrogen-bond donors (Lipinski definition) is 1. The van der Waals surface area contributed by atoms with Gasteiger partial charge in [0.15, 0.2) is 11.6 Å². The molecule has 2 aliphatic carbocycles. The summed E-state index contributed by atoms with van der Waals surface area (Å²) in [6.45, 7) is 10.1. The highest BCUT2D eigenvalue weighted by molar-refractivity contribution is 5.95. The first-order valence-electron chi connectivity index (χ1n) is 8.73. The van der Waals surface area contributed by atoms with E-state index in [0.717, 1.165) is 30.4 Å². The van der Waals surface area contributed by atoms with Crippen LogP contribution in [0.25, 0.3) is 0 Å². The minimum atomic E-state index is -0.875. The van der Waals surface area contributed by atoms with Crippen LogP contribution in [0.1, 0.15) is 60.3 Å². The highest BCUT2D eigenvalue weighted by Gasteiger charge is 2.50. The molecule has 0 bridgehead atoms. The van der Waals surface area contributed by atoms with Crippen LogP contribution in [0.3, 0.4) is 0 Å². The van der Waals surface area contributed by atoms with Crippen LogP contribution < -0.4 is 0 Å². The van der Waals surface area contributed by atoms with Gasteiger partial charge in [-0.25, -0.2) is 0 Å². The van der Waals surface area contributed by atoms with Crippen molar-refractivity contribution in [2.75, 3.05) is 0 Å². The molecule has 1 fully saturated rings. The standard InChI is InChI=1S/C20H30O3/c1-12(2)8-16(21)9-13(3)15-6-7-20(5)17(11-15)14(4)10-18(22)19(20)23/h8,10,13,15,17,19,23H,6-7,9,11H2,1-5H3/t13-,15+,17+,19-,20+/m1/s1. The molecule has 0 aromatic heterocycles. The molecule has 1 saturated carbocycles. The summed E-state index contributed by atoms with van der Waals surface area (Å²) in [6, 6.07) is 0. The number of allylic oxidation sites excluding steroid dienone is 3. The van der Waals surface area contributed by atoms with Gasteiger partial charge in [-0.1, -0.05) is 25.0 Å². The van der Waals surface area contributed by atoms with E-state index in [0.29, 0.717) is 18.3 Å². The molecule has 0 aliphatic heterocycles. The number of aliphatic hydroxyl groups is 1. The van der Waals surface area contributed by atoms with Crippen LogP contribution in [0.2, 0.25) is 0 Å². The zero-order chi connectivity index (χ0) is 17.4. The summed E-state index contributed by atoms with van der Waals surface area (Å²) in [5, 5.41) is 10.4. The molecule has 0 spiro atoms. The average molecular weight is 318 g/mol. The third-order valence-corrected chi connectivity index (χ3v) is 5.98. The Labute approximate surface area is 139 Å². The van der Waals surface area contributed by atoms with E-state index < -0.39 is 6.10 Å². The van der Waals surface area contributed by atoms with Crippen LogP contribution in [0, 0.1) is 23.2 Å². The smallest absolute Gasteiger partial charge is 0.184 e. The van der Waals surface area contributed by atoms with Crippen molar-refractivity contribution in [3.63, 3.8) is 0 Å². The van der Waals surface area contributed by atoms with Gasteiger partial charge in [0.1, 0.15) is 6.10 Å². The molecule has 0 heterocycles. The van der Waals surface area contributed by atoms with E-state index >= 15 is 0 Å². The molecule has 5 atom stereocenters. The third-order valence-electron chi connectivity index (χ3n) is 5.98. The first-order chi connectivity index (χ1) is 10.6. The third kappa shape index (κ3) is 3.65. The number of rotatable bonds is 4. The van der Waals surface area contributed by atoms with Crippen LogP contribution in [-0.2, 0) is 9.59 Å². The molecule has 2 rings (SSSR count). The number of carbonyl (C=O) groups is 2. The van der Waals surface area contributed by atoms with Crippen molar-refractivity contribution in [1.82, 2.24) is 0 Å². The van der Waals surface area contributed by atoms with Gasteiger partial charge >= 0.3 is 0 Å². The van der Waals surface area contributed by atoms with Crippen LogP contribution in [0.15, 0.2) is 23.3 Å². The second-order valence-electron chi connectivity index (χ2n) is 8.16. The maximum absolute atomic E-state index is 12.0. The molecule has 3 heteroatoms. The fourth-order valence-electron chi connectivity index (χ4n) is 4.50. The maximum atomic E-state index is 12.0. The van der Waals surface area contributed by atoms with E-state index in [4.69, 9.17) is 0 Å². The zero-order valence-electron chi connectivity index (χ0n) is 15.1. The Kier molecular flexibility index (Phi) is 5.30. The van der Waals surface area contributed by atoms with Gasteiger partial charge in [-0.2, -0.15) is 0 Å². The Morgan fingerprint density at radius 1 is 1.48 bits per heavy atom. The van der Waals surface area contributed by atoms with Crippen molar-refractivity contribution in [1.29, 1.82) is 0 Å². The lowest BCUT2D eigenvalue weighted by atomic mass is 9.55. The van der Waals surface area contributed by atoms with Gasteiger partial charge in [0.2, 0.25) is 0 Å². The Morgan fingerprint density at radius 3 is 2.74 bits per heavy atom. The molecule has 2 aliphatic rings. The van der Waals surface area contributed by atoms with E-state index in [1.807, 2.05) is 27.7 Å². The van der Waals surface area contributed by atoms with E-state index in [1.165, 1.54) is 0 Å². The van der Waals surface area contributed by atoms with Crippen molar-refractivity contribution in [2.24, 2.45) is 23.2 Å². The molecular weight excluding hydrogens is 288 g/mol. The lowest BCUT2D eigenvalue weighted by Gasteiger charge is -2.50. The molecule has 0 radical (unpaired) electrons. The van der Waals surface area contributed by atoms with Crippen LogP contribution in [0.4, 0.5) is 0 Å². The molecule has 23 heavy (non-hydrogen) atoms. The van der Waals surface area contributed by atoms with Crippen molar-refractivity contribution in [2.45, 2.75) is 66.4 Å². The Balaban J connectivity index is 2.10. The molecule has 3 nitrogen and oxygen atoms in total. The molecule has 0 aromatic carbocycles. The van der Waals surface area contributed by atoms with Gasteiger partial charge in [-0.15, -0.1) is 0 Å². The van der Waals surface area contributed by atoms with E-state index in [1.54, 1.807) is 12.2 Å². The highest BCUT2D eigenvalue weighted by Crippen LogP contribution is 2.52. The molecular formula is C20H30O3. The number of ketones is 2. The molecule has 0 aromatic rings. The summed E-state index contributed by atoms with van der Waals surface area (Å²) in [4.78, 5) is 24.0. The summed E-state index contributed by atoms with van der Waals surface area (Å²) in [5.74, 6) is 1.12. The van der Waals surface area contributed by atoms with Gasteiger partial charge in [0.05, 0.1) is 0 Å². The summed E-state index contributed by atoms with van der Waals surface area (Å²) in [5.41, 5.74) is 1.80. The lowest BCUT2D eigenvalue weighted by Crippen LogP contribution is -2.50. The van der Waals surface area contributed by atoms with Crippen molar-refractivity contribution in [3.8, 4) is 0 Å². The van der Waals surface area contributed by atoms with Gasteiger partial charge in [0, 0.05) is 11.8 Å². The van der Waals surface area contributed by atoms with Crippen molar-refractivity contribution < 1.29 is 14.7 Å². The first-order valence-corrected chi connectivity index (χ1v) is 8.73. The predicted molar refractivity (Wildman–Crippen MR) is 91.9 cm³/mol. The second kappa shape index (κ2) is 6.72.